The molecule has 0 amide bonds. The minimum Gasteiger partial charge on any atom is -0.271 e. The molecular weight excluding hydrogens is 205 g/mol. The van der Waals surface area contributed by atoms with Gasteiger partial charge in [-0.2, -0.15) is 0 Å². The van der Waals surface area contributed by atoms with Crippen molar-refractivity contribution in [1.82, 2.24) is 9.76 Å². The maximum absolute atomic E-state index is 5.11. The third-order valence-corrected chi connectivity index (χ3v) is 7.12. The third kappa shape index (κ3) is 3.05. The van der Waals surface area contributed by atoms with Gasteiger partial charge in [0.05, 0.1) is 12.9 Å². The summed E-state index contributed by atoms with van der Waals surface area (Å²) < 4.78 is 7.44. The largest absolute Gasteiger partial charge is 0.271 e. The molecule has 0 bridgehead atoms. The molecule has 1 aliphatic heterocycles. The van der Waals surface area contributed by atoms with Crippen LogP contribution in [-0.2, 0) is 0 Å². The Hall–Kier alpha value is 0.150. The molecule has 0 aliphatic carbocycles. The number of nitrogens with one attached hydrogen (secondary N) is 1. The quantitative estimate of drug-likeness (QED) is 0.702. The first kappa shape index (κ1) is 13.2. The molecule has 1 rings (SSSR count). The van der Waals surface area contributed by atoms with E-state index in [1.807, 2.05) is 0 Å². The van der Waals surface area contributed by atoms with E-state index in [0.717, 1.165) is 6.54 Å². The lowest BCUT2D eigenvalue weighted by Crippen LogP contribution is -2.35. The zero-order chi connectivity index (χ0) is 11.7. The zero-order valence-electron chi connectivity index (χ0n) is 11.0. The first-order valence-electron chi connectivity index (χ1n) is 5.84. The van der Waals surface area contributed by atoms with Gasteiger partial charge in [-0.25, -0.2) is 0 Å². The van der Waals surface area contributed by atoms with Crippen molar-refractivity contribution < 1.29 is 0 Å². The van der Waals surface area contributed by atoms with Crippen LogP contribution in [0.3, 0.4) is 0 Å². The van der Waals surface area contributed by atoms with Crippen molar-refractivity contribution >= 4 is 7.36 Å². The maximum Gasteiger partial charge on any atom is 0.0971 e. The Labute approximate surface area is 94.8 Å². The second-order valence-electron chi connectivity index (χ2n) is 5.67. The van der Waals surface area contributed by atoms with Crippen molar-refractivity contribution in [3.8, 4) is 0 Å². The van der Waals surface area contributed by atoms with Gasteiger partial charge < -0.3 is 0 Å². The molecule has 0 aromatic heterocycles. The standard InChI is InChI=1S/C11H26N3P/c1-10-8-7-9-12-15(10,14(5)6)13-11(2,3)4/h10,12H,7-9H2,1-6H3. The van der Waals surface area contributed by atoms with Crippen LogP contribution in [0.15, 0.2) is 4.74 Å². The second kappa shape index (κ2) is 4.57. The summed E-state index contributed by atoms with van der Waals surface area (Å²) in [6.45, 7) is 10.1. The minimum atomic E-state index is -1.47. The fourth-order valence-corrected chi connectivity index (χ4v) is 5.97. The highest BCUT2D eigenvalue weighted by molar-refractivity contribution is 7.62. The first-order chi connectivity index (χ1) is 6.78. The summed E-state index contributed by atoms with van der Waals surface area (Å²) in [5.74, 6) is 0. The molecule has 1 N–H and O–H groups in total. The number of nitrogens with zero attached hydrogens (tertiary/aromatic N) is 2. The van der Waals surface area contributed by atoms with E-state index in [1.54, 1.807) is 0 Å². The molecule has 90 valence electrons. The van der Waals surface area contributed by atoms with E-state index in [4.69, 9.17) is 4.74 Å². The molecule has 1 aliphatic rings. The average molecular weight is 231 g/mol. The summed E-state index contributed by atoms with van der Waals surface area (Å²) in [5, 5.41) is 3.71. The summed E-state index contributed by atoms with van der Waals surface area (Å²) in [4.78, 5) is 0. The van der Waals surface area contributed by atoms with Gasteiger partial charge in [0.1, 0.15) is 0 Å². The highest BCUT2D eigenvalue weighted by Crippen LogP contribution is 2.56. The van der Waals surface area contributed by atoms with Crippen molar-refractivity contribution in [2.75, 3.05) is 20.6 Å². The highest BCUT2D eigenvalue weighted by atomic mass is 31.2. The molecule has 3 nitrogen and oxygen atoms in total. The molecule has 2 unspecified atom stereocenters. The van der Waals surface area contributed by atoms with E-state index >= 15 is 0 Å². The van der Waals surface area contributed by atoms with E-state index in [2.05, 4.69) is 51.5 Å². The predicted molar refractivity (Wildman–Crippen MR) is 69.5 cm³/mol. The van der Waals surface area contributed by atoms with Gasteiger partial charge in [0.2, 0.25) is 0 Å². The van der Waals surface area contributed by atoms with Crippen molar-refractivity contribution in [3.05, 3.63) is 0 Å². The van der Waals surface area contributed by atoms with Gasteiger partial charge in [0.25, 0.3) is 0 Å². The van der Waals surface area contributed by atoms with Crippen LogP contribution in [0.4, 0.5) is 0 Å². The van der Waals surface area contributed by atoms with Gasteiger partial charge in [0, 0.05) is 12.2 Å². The van der Waals surface area contributed by atoms with Crippen molar-refractivity contribution in [3.63, 3.8) is 0 Å². The summed E-state index contributed by atoms with van der Waals surface area (Å²) in [6.07, 6.45) is 2.59. The van der Waals surface area contributed by atoms with Crippen LogP contribution in [0.5, 0.6) is 0 Å². The van der Waals surface area contributed by atoms with Gasteiger partial charge in [0.15, 0.2) is 0 Å². The van der Waals surface area contributed by atoms with Crippen LogP contribution in [0, 0.1) is 0 Å². The molecule has 2 atom stereocenters. The molecule has 0 radical (unpaired) electrons. The Morgan fingerprint density at radius 2 is 1.93 bits per heavy atom. The summed E-state index contributed by atoms with van der Waals surface area (Å²) in [6, 6.07) is 0. The van der Waals surface area contributed by atoms with Crippen molar-refractivity contribution in [1.29, 1.82) is 0 Å². The lowest BCUT2D eigenvalue weighted by molar-refractivity contribution is 0.534. The molecule has 1 fully saturated rings. The molecule has 1 heterocycles. The lowest BCUT2D eigenvalue weighted by Gasteiger charge is -2.42. The Morgan fingerprint density at radius 1 is 1.33 bits per heavy atom. The highest BCUT2D eigenvalue weighted by Gasteiger charge is 2.33. The van der Waals surface area contributed by atoms with Crippen molar-refractivity contribution in [2.45, 2.75) is 51.7 Å². The molecule has 0 saturated carbocycles. The van der Waals surface area contributed by atoms with Crippen LogP contribution in [0.1, 0.15) is 40.5 Å². The predicted octanol–water partition coefficient (Wildman–Crippen LogP) is 3.15. The van der Waals surface area contributed by atoms with Crippen LogP contribution in [0.2, 0.25) is 0 Å². The lowest BCUT2D eigenvalue weighted by atomic mass is 10.1. The van der Waals surface area contributed by atoms with Gasteiger partial charge in [-0.05, 0) is 47.7 Å². The Bertz CT molecular complexity index is 265. The fourth-order valence-electron chi connectivity index (χ4n) is 2.19. The minimum absolute atomic E-state index is 0.0522. The molecule has 4 heteroatoms. The number of rotatable bonds is 1. The zero-order valence-corrected chi connectivity index (χ0v) is 11.9. The number of hydrogen-bond donors (Lipinski definition) is 1. The second-order valence-corrected chi connectivity index (χ2v) is 9.16. The van der Waals surface area contributed by atoms with Crippen LogP contribution < -0.4 is 5.09 Å². The van der Waals surface area contributed by atoms with E-state index in [-0.39, 0.29) is 5.54 Å². The van der Waals surface area contributed by atoms with Gasteiger partial charge in [-0.15, -0.1) is 0 Å². The van der Waals surface area contributed by atoms with E-state index in [0.29, 0.717) is 5.66 Å². The van der Waals surface area contributed by atoms with E-state index < -0.39 is 7.36 Å². The molecule has 15 heavy (non-hydrogen) atoms. The summed E-state index contributed by atoms with van der Waals surface area (Å²) >= 11 is 0. The maximum atomic E-state index is 5.11. The van der Waals surface area contributed by atoms with Crippen molar-refractivity contribution in [2.24, 2.45) is 4.74 Å². The SMILES string of the molecule is CC1CCCNP1(=NC(C)(C)C)N(C)C. The molecule has 0 spiro atoms. The van der Waals surface area contributed by atoms with Crippen LogP contribution in [-0.4, -0.2) is 36.5 Å². The Kier molecular flexibility index (Phi) is 4.02. The topological polar surface area (TPSA) is 27.6 Å². The summed E-state index contributed by atoms with van der Waals surface area (Å²) in [7, 11) is 2.86. The van der Waals surface area contributed by atoms with Gasteiger partial charge in [-0.3, -0.25) is 14.5 Å². The molecule has 0 aromatic rings. The number of hydrogen-bond acceptors (Lipinski definition) is 1. The average Bonchev–Trinajstić information content (AvgIpc) is 2.06. The molecule has 1 saturated heterocycles. The first-order valence-corrected chi connectivity index (χ1v) is 7.60. The molecule has 0 aromatic carbocycles. The summed E-state index contributed by atoms with van der Waals surface area (Å²) in [5.41, 5.74) is 0.733. The third-order valence-electron chi connectivity index (χ3n) is 2.82. The monoisotopic (exact) mass is 231 g/mol. The van der Waals surface area contributed by atoms with E-state index in [9.17, 15) is 0 Å². The van der Waals surface area contributed by atoms with Gasteiger partial charge in [-0.1, -0.05) is 6.92 Å². The Balaban J connectivity index is 3.12. The smallest absolute Gasteiger partial charge is 0.0971 e. The Morgan fingerprint density at radius 3 is 2.33 bits per heavy atom. The van der Waals surface area contributed by atoms with Crippen LogP contribution >= 0.6 is 7.36 Å². The van der Waals surface area contributed by atoms with Crippen LogP contribution in [0.25, 0.3) is 0 Å². The molecular formula is C11H26N3P. The normalized spacial score (nSPS) is 33.1. The van der Waals surface area contributed by atoms with Gasteiger partial charge >= 0.3 is 0 Å². The van der Waals surface area contributed by atoms with E-state index in [1.165, 1.54) is 12.8 Å². The fraction of sp³-hybridized carbons (Fsp3) is 1.00.